The maximum atomic E-state index is 12.3. The summed E-state index contributed by atoms with van der Waals surface area (Å²) in [6.45, 7) is 0. The van der Waals surface area contributed by atoms with Crippen molar-refractivity contribution in [2.75, 3.05) is 7.11 Å². The third-order valence-electron chi connectivity index (χ3n) is 3.70. The van der Waals surface area contributed by atoms with Crippen LogP contribution in [0.4, 0.5) is 0 Å². The number of benzene rings is 2. The zero-order valence-electron chi connectivity index (χ0n) is 14.2. The molecule has 0 aliphatic rings. The minimum Gasteiger partial charge on any atom is -0.465 e. The van der Waals surface area contributed by atoms with Crippen LogP contribution in [0.3, 0.4) is 0 Å². The fourth-order valence-electron chi connectivity index (χ4n) is 2.33. The van der Waals surface area contributed by atoms with Crippen LogP contribution >= 0.6 is 22.9 Å². The van der Waals surface area contributed by atoms with Crippen molar-refractivity contribution in [3.63, 3.8) is 0 Å². The van der Waals surface area contributed by atoms with Crippen LogP contribution in [0, 0.1) is 0 Å². The van der Waals surface area contributed by atoms with Crippen molar-refractivity contribution in [2.45, 2.75) is 0 Å². The van der Waals surface area contributed by atoms with E-state index in [1.807, 2.05) is 0 Å². The van der Waals surface area contributed by atoms with E-state index in [0.717, 1.165) is 5.56 Å². The van der Waals surface area contributed by atoms with E-state index in [1.165, 1.54) is 24.5 Å². The number of Topliss-reactive ketones (excluding diaryl/α,β-unsaturated/α-hetero) is 1. The van der Waals surface area contributed by atoms with Gasteiger partial charge in [-0.05, 0) is 48.0 Å². The van der Waals surface area contributed by atoms with Crippen molar-refractivity contribution < 1.29 is 14.3 Å². The number of carbonyl (C=O) groups is 2. The number of carbonyl (C=O) groups excluding carboxylic acids is 2. The van der Waals surface area contributed by atoms with E-state index in [9.17, 15) is 14.4 Å². The molecule has 1 N–H and O–H groups in total. The summed E-state index contributed by atoms with van der Waals surface area (Å²) < 4.78 is 5.56. The summed E-state index contributed by atoms with van der Waals surface area (Å²) in [6, 6.07) is 13.2. The quantitative estimate of drug-likeness (QED) is 0.539. The third kappa shape index (κ3) is 4.61. The molecule has 1 heterocycles. The molecule has 2 aromatic carbocycles. The molecule has 0 atom stereocenters. The zero-order chi connectivity index (χ0) is 19.4. The molecule has 0 fully saturated rings. The molecule has 7 heteroatoms. The van der Waals surface area contributed by atoms with Gasteiger partial charge in [-0.15, -0.1) is 11.3 Å². The van der Waals surface area contributed by atoms with Gasteiger partial charge in [0.05, 0.1) is 21.9 Å². The number of thiazole rings is 1. The Balaban J connectivity index is 1.90. The van der Waals surface area contributed by atoms with E-state index < -0.39 is 5.97 Å². The molecule has 0 saturated carbocycles. The Morgan fingerprint density at radius 3 is 2.30 bits per heavy atom. The highest BCUT2D eigenvalue weighted by molar-refractivity contribution is 7.07. The predicted molar refractivity (Wildman–Crippen MR) is 106 cm³/mol. The summed E-state index contributed by atoms with van der Waals surface area (Å²) in [6.07, 6.45) is 3.07. The number of ether oxygens (including phenoxy) is 1. The molecule has 0 aliphatic carbocycles. The molecule has 0 aliphatic heterocycles. The second kappa shape index (κ2) is 8.16. The number of H-pyrrole nitrogens is 1. The maximum absolute atomic E-state index is 12.3. The second-order valence-corrected chi connectivity index (χ2v) is 7.08. The van der Waals surface area contributed by atoms with Gasteiger partial charge in [0.25, 0.3) is 5.56 Å². The molecule has 5 nitrogen and oxygen atoms in total. The Morgan fingerprint density at radius 1 is 1.04 bits per heavy atom. The van der Waals surface area contributed by atoms with Crippen molar-refractivity contribution in [1.29, 1.82) is 0 Å². The molecular formula is C20H14ClNO4S. The average molecular weight is 400 g/mol. The molecule has 0 spiro atoms. The second-order valence-electron chi connectivity index (χ2n) is 5.56. The molecule has 0 unspecified atom stereocenters. The standard InChI is InChI=1S/C20H14ClNO4S/c1-26-20(25)14-4-2-12(3-5-14)10-17-19(24)22-18(27-17)11-16(23)13-6-8-15(21)9-7-13/h2-11H,1H3,(H,22,24). The molecule has 1 aromatic heterocycles. The van der Waals surface area contributed by atoms with Crippen LogP contribution in [0.25, 0.3) is 12.2 Å². The molecule has 0 amide bonds. The number of methoxy groups -OCH3 is 1. The van der Waals surface area contributed by atoms with Crippen molar-refractivity contribution in [2.24, 2.45) is 0 Å². The number of aromatic amines is 1. The van der Waals surface area contributed by atoms with Crippen LogP contribution in [0.5, 0.6) is 0 Å². The topological polar surface area (TPSA) is 76.2 Å². The van der Waals surface area contributed by atoms with Gasteiger partial charge in [-0.1, -0.05) is 23.7 Å². The number of hydrogen-bond acceptors (Lipinski definition) is 5. The highest BCUT2D eigenvalue weighted by Crippen LogP contribution is 2.10. The lowest BCUT2D eigenvalue weighted by molar-refractivity contribution is 0.0600. The van der Waals surface area contributed by atoms with E-state index in [2.05, 4.69) is 9.72 Å². The number of esters is 1. The molecular weight excluding hydrogens is 386 g/mol. The first-order valence-electron chi connectivity index (χ1n) is 7.87. The molecule has 27 heavy (non-hydrogen) atoms. The Hall–Kier alpha value is -2.96. The van der Waals surface area contributed by atoms with Crippen LogP contribution in [0.15, 0.2) is 53.3 Å². The van der Waals surface area contributed by atoms with Gasteiger partial charge in [-0.25, -0.2) is 4.79 Å². The lowest BCUT2D eigenvalue weighted by atomic mass is 10.1. The molecule has 0 saturated heterocycles. The number of nitrogens with one attached hydrogen (secondary N) is 1. The number of aromatic nitrogens is 1. The lowest BCUT2D eigenvalue weighted by Crippen LogP contribution is -2.20. The third-order valence-corrected chi connectivity index (χ3v) is 4.92. The molecule has 0 radical (unpaired) electrons. The van der Waals surface area contributed by atoms with Gasteiger partial charge in [0, 0.05) is 16.7 Å². The summed E-state index contributed by atoms with van der Waals surface area (Å²) in [5, 5.41) is 0.547. The van der Waals surface area contributed by atoms with E-state index >= 15 is 0 Å². The fourth-order valence-corrected chi connectivity index (χ4v) is 3.34. The van der Waals surface area contributed by atoms with Gasteiger partial charge in [-0.3, -0.25) is 9.59 Å². The van der Waals surface area contributed by atoms with Gasteiger partial charge in [0.1, 0.15) is 0 Å². The summed E-state index contributed by atoms with van der Waals surface area (Å²) in [5.41, 5.74) is 1.38. The van der Waals surface area contributed by atoms with Gasteiger partial charge in [0.2, 0.25) is 0 Å². The van der Waals surface area contributed by atoms with Gasteiger partial charge >= 0.3 is 5.97 Å². The van der Waals surface area contributed by atoms with Gasteiger partial charge < -0.3 is 9.72 Å². The Labute approximate surface area is 163 Å². The highest BCUT2D eigenvalue weighted by Gasteiger charge is 2.05. The number of hydrogen-bond donors (Lipinski definition) is 1. The molecule has 3 aromatic rings. The van der Waals surface area contributed by atoms with Crippen molar-refractivity contribution in [3.8, 4) is 0 Å². The molecule has 0 bridgehead atoms. The van der Waals surface area contributed by atoms with Gasteiger partial charge in [0.15, 0.2) is 5.78 Å². The van der Waals surface area contributed by atoms with E-state index in [4.69, 9.17) is 11.6 Å². The van der Waals surface area contributed by atoms with E-state index in [-0.39, 0.29) is 11.3 Å². The van der Waals surface area contributed by atoms with Crippen molar-refractivity contribution >= 4 is 46.8 Å². The normalized spacial score (nSPS) is 12.2. The maximum Gasteiger partial charge on any atom is 0.337 e. The monoisotopic (exact) mass is 399 g/mol. The largest absolute Gasteiger partial charge is 0.465 e. The van der Waals surface area contributed by atoms with E-state index in [0.29, 0.717) is 25.3 Å². The van der Waals surface area contributed by atoms with Crippen LogP contribution in [0.2, 0.25) is 5.02 Å². The first kappa shape index (κ1) is 18.8. The predicted octanol–water partition coefficient (Wildman–Crippen LogP) is 2.37. The summed E-state index contributed by atoms with van der Waals surface area (Å²) in [4.78, 5) is 38.5. The Bertz CT molecular complexity index is 1160. The summed E-state index contributed by atoms with van der Waals surface area (Å²) in [7, 11) is 1.32. The first-order chi connectivity index (χ1) is 13.0. The minimum atomic E-state index is -0.423. The first-order valence-corrected chi connectivity index (χ1v) is 9.06. The zero-order valence-corrected chi connectivity index (χ0v) is 15.8. The van der Waals surface area contributed by atoms with Crippen LogP contribution < -0.4 is 14.8 Å². The minimum absolute atomic E-state index is 0.224. The van der Waals surface area contributed by atoms with Crippen LogP contribution in [-0.2, 0) is 4.74 Å². The summed E-state index contributed by atoms with van der Waals surface area (Å²) in [5.74, 6) is -0.647. The number of ketones is 1. The highest BCUT2D eigenvalue weighted by atomic mass is 35.5. The van der Waals surface area contributed by atoms with E-state index in [1.54, 1.807) is 54.6 Å². The molecule has 3 rings (SSSR count). The van der Waals surface area contributed by atoms with Crippen molar-refractivity contribution in [1.82, 2.24) is 4.98 Å². The summed E-state index contributed by atoms with van der Waals surface area (Å²) >= 11 is 6.99. The average Bonchev–Trinajstić information content (AvgIpc) is 3.01. The van der Waals surface area contributed by atoms with Crippen LogP contribution in [-0.4, -0.2) is 23.8 Å². The Morgan fingerprint density at radius 2 is 1.67 bits per heavy atom. The number of halogens is 1. The molecule has 136 valence electrons. The Kier molecular flexibility index (Phi) is 5.69. The van der Waals surface area contributed by atoms with Crippen molar-refractivity contribution in [3.05, 3.63) is 89.8 Å². The fraction of sp³-hybridized carbons (Fsp3) is 0.0500. The SMILES string of the molecule is COC(=O)c1ccc(C=c2sc(=CC(=O)c3ccc(Cl)cc3)[nH]c2=O)cc1. The lowest BCUT2D eigenvalue weighted by Gasteiger charge is -1.98. The smallest absolute Gasteiger partial charge is 0.337 e. The van der Waals surface area contributed by atoms with Crippen LogP contribution in [0.1, 0.15) is 26.3 Å². The van der Waals surface area contributed by atoms with Gasteiger partial charge in [-0.2, -0.15) is 0 Å². The number of rotatable bonds is 4.